The number of hydrogen-bond donors (Lipinski definition) is 0. The van der Waals surface area contributed by atoms with E-state index in [1.807, 2.05) is 0 Å². The summed E-state index contributed by atoms with van der Waals surface area (Å²) < 4.78 is 24.1. The fraction of sp³-hybridized carbons (Fsp3) is 0.0714. The van der Waals surface area contributed by atoms with Gasteiger partial charge in [-0.05, 0) is 24.3 Å². The SMILES string of the molecule is COc1ccc([N+](=O)[O-])cc1OC(=O)c1cc(Br)ccc1F. The van der Waals surface area contributed by atoms with Gasteiger partial charge in [0.05, 0.1) is 23.7 Å². The molecule has 0 N–H and O–H groups in total. The van der Waals surface area contributed by atoms with E-state index in [0.717, 1.165) is 12.1 Å². The minimum atomic E-state index is -0.988. The van der Waals surface area contributed by atoms with Gasteiger partial charge in [-0.15, -0.1) is 0 Å². The van der Waals surface area contributed by atoms with E-state index in [1.165, 1.54) is 31.4 Å². The molecule has 0 radical (unpaired) electrons. The van der Waals surface area contributed by atoms with Gasteiger partial charge in [-0.3, -0.25) is 10.1 Å². The van der Waals surface area contributed by atoms with Gasteiger partial charge in [-0.2, -0.15) is 0 Å². The molecule has 0 amide bonds. The first-order chi connectivity index (χ1) is 10.4. The number of nitro benzene ring substituents is 1. The van der Waals surface area contributed by atoms with Crippen molar-refractivity contribution in [1.29, 1.82) is 0 Å². The number of carbonyl (C=O) groups is 1. The average molecular weight is 370 g/mol. The maximum atomic E-state index is 13.7. The van der Waals surface area contributed by atoms with Crippen molar-refractivity contribution in [2.75, 3.05) is 7.11 Å². The van der Waals surface area contributed by atoms with Crippen molar-refractivity contribution in [1.82, 2.24) is 0 Å². The Balaban J connectivity index is 2.36. The first kappa shape index (κ1) is 15.9. The summed E-state index contributed by atoms with van der Waals surface area (Å²) >= 11 is 3.12. The number of ether oxygens (including phenoxy) is 2. The summed E-state index contributed by atoms with van der Waals surface area (Å²) in [5.74, 6) is -1.80. The molecule has 6 nitrogen and oxygen atoms in total. The monoisotopic (exact) mass is 369 g/mol. The van der Waals surface area contributed by atoms with E-state index in [2.05, 4.69) is 15.9 Å². The quantitative estimate of drug-likeness (QED) is 0.355. The van der Waals surface area contributed by atoms with Crippen LogP contribution >= 0.6 is 15.9 Å². The molecule has 22 heavy (non-hydrogen) atoms. The van der Waals surface area contributed by atoms with Gasteiger partial charge in [-0.25, -0.2) is 9.18 Å². The number of hydrogen-bond acceptors (Lipinski definition) is 5. The van der Waals surface area contributed by atoms with Crippen molar-refractivity contribution < 1.29 is 23.6 Å². The Morgan fingerprint density at radius 1 is 1.23 bits per heavy atom. The number of halogens is 2. The lowest BCUT2D eigenvalue weighted by Crippen LogP contribution is -2.11. The standard InChI is InChI=1S/C14H9BrFNO5/c1-21-12-5-3-9(17(19)20)7-13(12)22-14(18)10-6-8(15)2-4-11(10)16/h2-7H,1H3. The van der Waals surface area contributed by atoms with Crippen LogP contribution in [0.2, 0.25) is 0 Å². The van der Waals surface area contributed by atoms with Crippen molar-refractivity contribution in [3.8, 4) is 11.5 Å². The number of esters is 1. The first-order valence-electron chi connectivity index (χ1n) is 5.92. The van der Waals surface area contributed by atoms with Crippen LogP contribution in [0, 0.1) is 15.9 Å². The number of nitro groups is 1. The highest BCUT2D eigenvalue weighted by molar-refractivity contribution is 9.10. The predicted octanol–water partition coefficient (Wildman–Crippen LogP) is 3.72. The van der Waals surface area contributed by atoms with Gasteiger partial charge in [0, 0.05) is 10.5 Å². The van der Waals surface area contributed by atoms with E-state index >= 15 is 0 Å². The molecule has 2 aromatic carbocycles. The van der Waals surface area contributed by atoms with Crippen LogP contribution in [0.15, 0.2) is 40.9 Å². The molecular formula is C14H9BrFNO5. The molecule has 0 bridgehead atoms. The molecule has 114 valence electrons. The summed E-state index contributed by atoms with van der Waals surface area (Å²) in [6.45, 7) is 0. The molecule has 0 atom stereocenters. The normalized spacial score (nSPS) is 10.1. The zero-order valence-corrected chi connectivity index (χ0v) is 12.8. The Labute approximate surface area is 132 Å². The molecule has 8 heteroatoms. The summed E-state index contributed by atoms with van der Waals surface area (Å²) in [5, 5.41) is 10.8. The van der Waals surface area contributed by atoms with Gasteiger partial charge >= 0.3 is 5.97 Å². The molecule has 0 unspecified atom stereocenters. The van der Waals surface area contributed by atoms with E-state index in [1.54, 1.807) is 0 Å². The molecule has 2 rings (SSSR count). The van der Waals surface area contributed by atoms with Crippen molar-refractivity contribution in [2.24, 2.45) is 0 Å². The van der Waals surface area contributed by atoms with Crippen LogP contribution in [0.1, 0.15) is 10.4 Å². The van der Waals surface area contributed by atoms with Crippen molar-refractivity contribution in [2.45, 2.75) is 0 Å². The van der Waals surface area contributed by atoms with Crippen LogP contribution in [-0.2, 0) is 0 Å². The highest BCUT2D eigenvalue weighted by Crippen LogP contribution is 2.32. The number of rotatable bonds is 4. The largest absolute Gasteiger partial charge is 0.493 e. The van der Waals surface area contributed by atoms with Crippen molar-refractivity contribution in [3.63, 3.8) is 0 Å². The molecule has 0 aliphatic carbocycles. The Bertz CT molecular complexity index is 750. The van der Waals surface area contributed by atoms with E-state index in [9.17, 15) is 19.3 Å². The number of methoxy groups -OCH3 is 1. The smallest absolute Gasteiger partial charge is 0.346 e. The van der Waals surface area contributed by atoms with Crippen LogP contribution in [0.25, 0.3) is 0 Å². The summed E-state index contributed by atoms with van der Waals surface area (Å²) in [4.78, 5) is 22.2. The lowest BCUT2D eigenvalue weighted by molar-refractivity contribution is -0.384. The van der Waals surface area contributed by atoms with Crippen LogP contribution in [0.4, 0.5) is 10.1 Å². The van der Waals surface area contributed by atoms with Crippen molar-refractivity contribution >= 4 is 27.6 Å². The molecule has 2 aromatic rings. The zero-order chi connectivity index (χ0) is 16.3. The van der Waals surface area contributed by atoms with Gasteiger partial charge in [0.15, 0.2) is 11.5 Å². The topological polar surface area (TPSA) is 78.7 Å². The second-order valence-corrected chi connectivity index (χ2v) is 5.02. The highest BCUT2D eigenvalue weighted by Gasteiger charge is 2.19. The molecule has 0 heterocycles. The van der Waals surface area contributed by atoms with Crippen LogP contribution in [0.3, 0.4) is 0 Å². The van der Waals surface area contributed by atoms with E-state index < -0.39 is 16.7 Å². The second-order valence-electron chi connectivity index (χ2n) is 4.11. The van der Waals surface area contributed by atoms with E-state index in [-0.39, 0.29) is 22.7 Å². The fourth-order valence-electron chi connectivity index (χ4n) is 1.67. The molecular weight excluding hydrogens is 361 g/mol. The number of nitrogens with zero attached hydrogens (tertiary/aromatic N) is 1. The van der Waals surface area contributed by atoms with Gasteiger partial charge in [0.25, 0.3) is 5.69 Å². The third-order valence-electron chi connectivity index (χ3n) is 2.71. The minimum Gasteiger partial charge on any atom is -0.493 e. The highest BCUT2D eigenvalue weighted by atomic mass is 79.9. The summed E-state index contributed by atoms with van der Waals surface area (Å²) in [5.41, 5.74) is -0.582. The zero-order valence-electron chi connectivity index (χ0n) is 11.2. The maximum Gasteiger partial charge on any atom is 0.346 e. The van der Waals surface area contributed by atoms with Gasteiger partial charge in [-0.1, -0.05) is 15.9 Å². The van der Waals surface area contributed by atoms with Crippen LogP contribution < -0.4 is 9.47 Å². The Morgan fingerprint density at radius 3 is 2.59 bits per heavy atom. The predicted molar refractivity (Wildman–Crippen MR) is 78.7 cm³/mol. The Kier molecular flexibility index (Phi) is 4.71. The van der Waals surface area contributed by atoms with E-state index in [0.29, 0.717) is 4.47 Å². The lowest BCUT2D eigenvalue weighted by Gasteiger charge is -2.09. The lowest BCUT2D eigenvalue weighted by atomic mass is 10.2. The summed E-state index contributed by atoms with van der Waals surface area (Å²) in [6.07, 6.45) is 0. The molecule has 0 aliphatic rings. The van der Waals surface area contributed by atoms with E-state index in [4.69, 9.17) is 9.47 Å². The third kappa shape index (κ3) is 3.40. The second kappa shape index (κ2) is 6.52. The molecule has 0 fully saturated rings. The number of benzene rings is 2. The molecule has 0 saturated heterocycles. The minimum absolute atomic E-state index is 0.120. The Hall–Kier alpha value is -2.48. The van der Waals surface area contributed by atoms with Gasteiger partial charge in [0.2, 0.25) is 0 Å². The van der Waals surface area contributed by atoms with Gasteiger partial charge < -0.3 is 9.47 Å². The third-order valence-corrected chi connectivity index (χ3v) is 3.20. The average Bonchev–Trinajstić information content (AvgIpc) is 2.49. The van der Waals surface area contributed by atoms with Gasteiger partial charge in [0.1, 0.15) is 5.82 Å². The van der Waals surface area contributed by atoms with Crippen LogP contribution in [0.5, 0.6) is 11.5 Å². The van der Waals surface area contributed by atoms with Crippen molar-refractivity contribution in [3.05, 3.63) is 62.4 Å². The molecule has 0 aromatic heterocycles. The molecule has 0 aliphatic heterocycles. The number of non-ortho nitro benzene ring substituents is 1. The first-order valence-corrected chi connectivity index (χ1v) is 6.71. The Morgan fingerprint density at radius 2 is 1.95 bits per heavy atom. The van der Waals surface area contributed by atoms with Crippen LogP contribution in [-0.4, -0.2) is 18.0 Å². The number of carbonyl (C=O) groups excluding carboxylic acids is 1. The fourth-order valence-corrected chi connectivity index (χ4v) is 2.03. The summed E-state index contributed by atoms with van der Waals surface area (Å²) in [6, 6.07) is 7.31. The molecule has 0 saturated carbocycles. The maximum absolute atomic E-state index is 13.7. The molecule has 0 spiro atoms. The summed E-state index contributed by atoms with van der Waals surface area (Å²) in [7, 11) is 1.32.